The zero-order valence-corrected chi connectivity index (χ0v) is 12.1. The molecule has 106 valence electrons. The first kappa shape index (κ1) is 14.2. The van der Waals surface area contributed by atoms with E-state index in [1.165, 1.54) is 6.42 Å². The number of aromatic nitrogens is 1. The van der Waals surface area contributed by atoms with Crippen LogP contribution in [0.15, 0.2) is 18.3 Å². The van der Waals surface area contributed by atoms with Gasteiger partial charge in [-0.1, -0.05) is 6.07 Å². The van der Waals surface area contributed by atoms with E-state index < -0.39 is 0 Å². The van der Waals surface area contributed by atoms with E-state index in [-0.39, 0.29) is 6.04 Å². The largest absolute Gasteiger partial charge is 0.383 e. The number of pyridine rings is 1. The van der Waals surface area contributed by atoms with Crippen LogP contribution in [0.4, 0.5) is 5.82 Å². The van der Waals surface area contributed by atoms with Crippen LogP contribution in [-0.4, -0.2) is 61.6 Å². The van der Waals surface area contributed by atoms with Crippen molar-refractivity contribution in [2.24, 2.45) is 0 Å². The van der Waals surface area contributed by atoms with Gasteiger partial charge in [-0.15, -0.1) is 0 Å². The van der Waals surface area contributed by atoms with Gasteiger partial charge >= 0.3 is 0 Å². The van der Waals surface area contributed by atoms with Gasteiger partial charge in [-0.05, 0) is 46.7 Å². The standard InChI is InChI=1S/C14H25N5/c1-16-13(11-6-4-7-17-14(11)15)12-10-18(2)8-5-9-19(12)3/h4,6-7,12-13,16H,5,8-10H2,1-3H3,(H2,15,17). The molecule has 2 rings (SSSR count). The van der Waals surface area contributed by atoms with Gasteiger partial charge < -0.3 is 20.9 Å². The van der Waals surface area contributed by atoms with Gasteiger partial charge in [0.05, 0.1) is 6.04 Å². The zero-order chi connectivity index (χ0) is 13.8. The molecule has 0 saturated carbocycles. The molecule has 3 N–H and O–H groups in total. The van der Waals surface area contributed by atoms with Crippen molar-refractivity contribution in [2.45, 2.75) is 18.5 Å². The third-order valence-electron chi connectivity index (χ3n) is 4.02. The molecule has 0 amide bonds. The summed E-state index contributed by atoms with van der Waals surface area (Å²) in [6.07, 6.45) is 2.96. The Bertz CT molecular complexity index is 409. The van der Waals surface area contributed by atoms with Crippen molar-refractivity contribution in [1.29, 1.82) is 0 Å². The summed E-state index contributed by atoms with van der Waals surface area (Å²) in [6, 6.07) is 4.64. The van der Waals surface area contributed by atoms with Gasteiger partial charge in [0.15, 0.2) is 0 Å². The highest BCUT2D eigenvalue weighted by Gasteiger charge is 2.29. The van der Waals surface area contributed by atoms with Gasteiger partial charge in [0.25, 0.3) is 0 Å². The minimum absolute atomic E-state index is 0.208. The molecule has 2 unspecified atom stereocenters. The van der Waals surface area contributed by atoms with E-state index in [0.29, 0.717) is 11.9 Å². The Morgan fingerprint density at radius 1 is 1.42 bits per heavy atom. The minimum Gasteiger partial charge on any atom is -0.383 e. The fraction of sp³-hybridized carbons (Fsp3) is 0.643. The molecule has 2 atom stereocenters. The lowest BCUT2D eigenvalue weighted by Crippen LogP contribution is -2.46. The van der Waals surface area contributed by atoms with Crippen LogP contribution in [0, 0.1) is 0 Å². The smallest absolute Gasteiger partial charge is 0.128 e. The summed E-state index contributed by atoms with van der Waals surface area (Å²) in [7, 11) is 6.38. The molecule has 0 spiro atoms. The van der Waals surface area contributed by atoms with E-state index in [2.05, 4.69) is 40.3 Å². The van der Waals surface area contributed by atoms with Gasteiger partial charge in [-0.3, -0.25) is 0 Å². The monoisotopic (exact) mass is 263 g/mol. The van der Waals surface area contributed by atoms with Crippen LogP contribution in [0.25, 0.3) is 0 Å². The first-order chi connectivity index (χ1) is 9.13. The maximum atomic E-state index is 6.04. The highest BCUT2D eigenvalue weighted by Crippen LogP contribution is 2.25. The summed E-state index contributed by atoms with van der Waals surface area (Å²) < 4.78 is 0. The van der Waals surface area contributed by atoms with E-state index in [1.807, 2.05) is 13.1 Å². The molecular formula is C14H25N5. The molecule has 0 aromatic carbocycles. The number of nitrogens with zero attached hydrogens (tertiary/aromatic N) is 3. The molecule has 0 aliphatic carbocycles. The molecule has 1 aromatic rings. The number of hydrogen-bond donors (Lipinski definition) is 2. The van der Waals surface area contributed by atoms with Crippen molar-refractivity contribution in [3.05, 3.63) is 23.9 Å². The lowest BCUT2D eigenvalue weighted by Gasteiger charge is -2.34. The van der Waals surface area contributed by atoms with Crippen LogP contribution >= 0.6 is 0 Å². The second-order valence-corrected chi connectivity index (χ2v) is 5.41. The Labute approximate surface area is 115 Å². The summed E-state index contributed by atoms with van der Waals surface area (Å²) >= 11 is 0. The van der Waals surface area contributed by atoms with Gasteiger partial charge in [0.1, 0.15) is 5.82 Å². The van der Waals surface area contributed by atoms with Gasteiger partial charge in [0.2, 0.25) is 0 Å². The highest BCUT2D eigenvalue weighted by molar-refractivity contribution is 5.41. The number of likely N-dealkylation sites (N-methyl/N-ethyl adjacent to an activating group) is 3. The second-order valence-electron chi connectivity index (χ2n) is 5.41. The van der Waals surface area contributed by atoms with Crippen molar-refractivity contribution in [2.75, 3.05) is 46.5 Å². The van der Waals surface area contributed by atoms with E-state index in [9.17, 15) is 0 Å². The number of rotatable bonds is 3. The van der Waals surface area contributed by atoms with Crippen LogP contribution in [0.2, 0.25) is 0 Å². The molecule has 1 fully saturated rings. The van der Waals surface area contributed by atoms with Gasteiger partial charge in [-0.25, -0.2) is 4.98 Å². The summed E-state index contributed by atoms with van der Waals surface area (Å²) in [5.74, 6) is 0.627. The van der Waals surface area contributed by atoms with E-state index in [4.69, 9.17) is 5.73 Å². The van der Waals surface area contributed by atoms with E-state index in [1.54, 1.807) is 6.20 Å². The Morgan fingerprint density at radius 2 is 2.21 bits per heavy atom. The summed E-state index contributed by atoms with van der Waals surface area (Å²) in [6.45, 7) is 3.31. The lowest BCUT2D eigenvalue weighted by atomic mass is 9.98. The molecule has 0 radical (unpaired) electrons. The fourth-order valence-corrected chi connectivity index (χ4v) is 2.91. The van der Waals surface area contributed by atoms with Crippen LogP contribution in [-0.2, 0) is 0 Å². The van der Waals surface area contributed by atoms with Crippen molar-refractivity contribution in [1.82, 2.24) is 20.1 Å². The molecule has 1 saturated heterocycles. The van der Waals surface area contributed by atoms with Crippen molar-refractivity contribution in [3.8, 4) is 0 Å². The number of nitrogens with one attached hydrogen (secondary N) is 1. The Morgan fingerprint density at radius 3 is 2.89 bits per heavy atom. The highest BCUT2D eigenvalue weighted by atomic mass is 15.2. The summed E-state index contributed by atoms with van der Waals surface area (Å²) in [5.41, 5.74) is 7.13. The molecule has 0 bridgehead atoms. The molecule has 1 aliphatic rings. The van der Waals surface area contributed by atoms with Crippen molar-refractivity contribution < 1.29 is 0 Å². The third kappa shape index (κ3) is 3.23. The number of nitrogens with two attached hydrogens (primary N) is 1. The molecule has 1 aliphatic heterocycles. The summed E-state index contributed by atoms with van der Waals surface area (Å²) in [4.78, 5) is 9.04. The van der Waals surface area contributed by atoms with E-state index >= 15 is 0 Å². The first-order valence-electron chi connectivity index (χ1n) is 6.90. The number of hydrogen-bond acceptors (Lipinski definition) is 5. The summed E-state index contributed by atoms with van der Waals surface area (Å²) in [5, 5.41) is 3.42. The van der Waals surface area contributed by atoms with Crippen LogP contribution in [0.1, 0.15) is 18.0 Å². The molecule has 5 nitrogen and oxygen atoms in total. The number of nitrogen functional groups attached to an aromatic ring is 1. The van der Waals surface area contributed by atoms with Gasteiger partial charge in [0, 0.05) is 24.3 Å². The molecular weight excluding hydrogens is 238 g/mol. The van der Waals surface area contributed by atoms with E-state index in [0.717, 1.165) is 25.2 Å². The second kappa shape index (κ2) is 6.32. The predicted octanol–water partition coefficient (Wildman–Crippen LogP) is 0.560. The van der Waals surface area contributed by atoms with Crippen molar-refractivity contribution >= 4 is 5.82 Å². The SMILES string of the molecule is CNC(c1cccnc1N)C1CN(C)CCCN1C. The zero-order valence-electron chi connectivity index (χ0n) is 12.1. The molecule has 2 heterocycles. The predicted molar refractivity (Wildman–Crippen MR) is 79.0 cm³/mol. The topological polar surface area (TPSA) is 57.4 Å². The van der Waals surface area contributed by atoms with Crippen LogP contribution in [0.3, 0.4) is 0 Å². The van der Waals surface area contributed by atoms with Gasteiger partial charge in [-0.2, -0.15) is 0 Å². The maximum Gasteiger partial charge on any atom is 0.128 e. The molecule has 19 heavy (non-hydrogen) atoms. The van der Waals surface area contributed by atoms with Crippen molar-refractivity contribution in [3.63, 3.8) is 0 Å². The number of anilines is 1. The Balaban J connectivity index is 2.27. The molecule has 1 aromatic heterocycles. The average molecular weight is 263 g/mol. The van der Waals surface area contributed by atoms with Crippen LogP contribution < -0.4 is 11.1 Å². The Hall–Kier alpha value is -1.17. The fourth-order valence-electron chi connectivity index (χ4n) is 2.91. The first-order valence-corrected chi connectivity index (χ1v) is 6.90. The minimum atomic E-state index is 0.208. The Kier molecular flexibility index (Phi) is 4.74. The quantitative estimate of drug-likeness (QED) is 0.834. The third-order valence-corrected chi connectivity index (χ3v) is 4.02. The maximum absolute atomic E-state index is 6.04. The average Bonchev–Trinajstić information content (AvgIpc) is 2.55. The normalized spacial score (nSPS) is 24.1. The van der Waals surface area contributed by atoms with Crippen LogP contribution in [0.5, 0.6) is 0 Å². The lowest BCUT2D eigenvalue weighted by molar-refractivity contribution is 0.183. The molecule has 5 heteroatoms.